The highest BCUT2D eigenvalue weighted by atomic mass is 79.9. The number of anilines is 1. The van der Waals surface area contributed by atoms with Crippen molar-refractivity contribution < 1.29 is 9.18 Å². The predicted molar refractivity (Wildman–Crippen MR) is 109 cm³/mol. The number of nitrogens with zero attached hydrogens (tertiary/aromatic N) is 1. The van der Waals surface area contributed by atoms with Gasteiger partial charge >= 0.3 is 0 Å². The molecule has 0 fully saturated rings. The molecule has 0 saturated carbocycles. The van der Waals surface area contributed by atoms with Crippen LogP contribution in [0.5, 0.6) is 0 Å². The zero-order valence-electron chi connectivity index (χ0n) is 14.3. The average molecular weight is 444 g/mol. The molecule has 1 amide bonds. The number of carbonyl (C=O) groups excluding carboxylic acids is 1. The van der Waals surface area contributed by atoms with Gasteiger partial charge in [-0.2, -0.15) is 0 Å². The Bertz CT molecular complexity index is 1060. The fourth-order valence-electron chi connectivity index (χ4n) is 3.06. The highest BCUT2D eigenvalue weighted by Gasteiger charge is 2.38. The maximum atomic E-state index is 13.6. The summed E-state index contributed by atoms with van der Waals surface area (Å²) in [7, 11) is 0. The lowest BCUT2D eigenvalue weighted by molar-refractivity contribution is 0.0916. The maximum Gasteiger partial charge on any atom is 0.255 e. The summed E-state index contributed by atoms with van der Waals surface area (Å²) in [6, 6.07) is 11.8. The largest absolute Gasteiger partial charge is 0.355 e. The molecule has 27 heavy (non-hydrogen) atoms. The van der Waals surface area contributed by atoms with Gasteiger partial charge in [-0.1, -0.05) is 34.1 Å². The van der Waals surface area contributed by atoms with E-state index < -0.39 is 11.5 Å². The van der Waals surface area contributed by atoms with Gasteiger partial charge < -0.3 is 10.6 Å². The van der Waals surface area contributed by atoms with E-state index in [1.165, 1.54) is 12.1 Å². The van der Waals surface area contributed by atoms with Crippen molar-refractivity contribution in [3.8, 4) is 0 Å². The second kappa shape index (κ2) is 6.90. The number of thiazole rings is 1. The molecular formula is C20H15BrFN3OS. The Labute approximate surface area is 168 Å². The van der Waals surface area contributed by atoms with Crippen LogP contribution in [0.3, 0.4) is 0 Å². The molecule has 1 aromatic heterocycles. The van der Waals surface area contributed by atoms with Crippen LogP contribution in [-0.4, -0.2) is 10.9 Å². The van der Waals surface area contributed by atoms with E-state index in [1.807, 2.05) is 48.7 Å². The Hall–Kier alpha value is -2.51. The van der Waals surface area contributed by atoms with E-state index in [-0.39, 0.29) is 11.5 Å². The first kappa shape index (κ1) is 17.9. The van der Waals surface area contributed by atoms with Crippen LogP contribution in [0.2, 0.25) is 0 Å². The molecule has 136 valence electrons. The highest BCUT2D eigenvalue weighted by Crippen LogP contribution is 2.36. The molecule has 3 aromatic rings. The van der Waals surface area contributed by atoms with Crippen LogP contribution in [0.15, 0.2) is 58.4 Å². The molecule has 1 aliphatic heterocycles. The number of aryl methyl sites for hydroxylation is 1. The predicted octanol–water partition coefficient (Wildman–Crippen LogP) is 5.07. The average Bonchev–Trinajstić information content (AvgIpc) is 3.06. The van der Waals surface area contributed by atoms with Crippen molar-refractivity contribution in [2.24, 2.45) is 0 Å². The first-order valence-corrected chi connectivity index (χ1v) is 9.91. The molecule has 1 atom stereocenters. The fraction of sp³-hybridized carbons (Fsp3) is 0.100. The standard InChI is InChI=1S/C20H15BrFN3OS/c1-12-23-14(11-27-12)8-9-20(16-4-2-3-5-17(16)21)24-18-7-6-13(22)10-15(18)19(26)25-20/h2-11,24H,1H3,(H,25,26). The van der Waals surface area contributed by atoms with Crippen molar-refractivity contribution in [3.05, 3.63) is 86.0 Å². The molecule has 0 aliphatic carbocycles. The Kier molecular flexibility index (Phi) is 4.57. The van der Waals surface area contributed by atoms with Gasteiger partial charge in [-0.05, 0) is 43.3 Å². The number of benzene rings is 2. The smallest absolute Gasteiger partial charge is 0.255 e. The van der Waals surface area contributed by atoms with Gasteiger partial charge in [0.05, 0.1) is 16.3 Å². The van der Waals surface area contributed by atoms with E-state index >= 15 is 0 Å². The first-order chi connectivity index (χ1) is 13.0. The van der Waals surface area contributed by atoms with E-state index in [4.69, 9.17) is 0 Å². The van der Waals surface area contributed by atoms with E-state index in [2.05, 4.69) is 31.5 Å². The Morgan fingerprint density at radius 3 is 2.78 bits per heavy atom. The van der Waals surface area contributed by atoms with Gasteiger partial charge in [-0.25, -0.2) is 9.37 Å². The molecule has 7 heteroatoms. The summed E-state index contributed by atoms with van der Waals surface area (Å²) in [6.07, 6.45) is 3.73. The normalized spacial score (nSPS) is 18.9. The van der Waals surface area contributed by atoms with E-state index in [0.29, 0.717) is 5.69 Å². The number of fused-ring (bicyclic) bond motifs is 1. The van der Waals surface area contributed by atoms with Crippen LogP contribution < -0.4 is 10.6 Å². The van der Waals surface area contributed by atoms with Crippen LogP contribution in [0, 0.1) is 12.7 Å². The van der Waals surface area contributed by atoms with Crippen molar-refractivity contribution in [1.82, 2.24) is 10.3 Å². The lowest BCUT2D eigenvalue weighted by atomic mass is 9.93. The summed E-state index contributed by atoms with van der Waals surface area (Å²) in [5.41, 5.74) is 1.48. The van der Waals surface area contributed by atoms with E-state index in [1.54, 1.807) is 17.4 Å². The Morgan fingerprint density at radius 1 is 1.22 bits per heavy atom. The summed E-state index contributed by atoms with van der Waals surface area (Å²) < 4.78 is 14.4. The molecule has 0 bridgehead atoms. The Morgan fingerprint density at radius 2 is 2.04 bits per heavy atom. The number of nitrogens with one attached hydrogen (secondary N) is 2. The molecule has 2 N–H and O–H groups in total. The number of hydrogen-bond donors (Lipinski definition) is 2. The molecule has 0 saturated heterocycles. The third-order valence-corrected chi connectivity index (χ3v) is 5.79. The van der Waals surface area contributed by atoms with Gasteiger partial charge in [0.1, 0.15) is 5.82 Å². The molecule has 1 unspecified atom stereocenters. The van der Waals surface area contributed by atoms with Gasteiger partial charge in [0.15, 0.2) is 5.66 Å². The van der Waals surface area contributed by atoms with Crippen LogP contribution >= 0.6 is 27.3 Å². The third kappa shape index (κ3) is 3.40. The lowest BCUT2D eigenvalue weighted by Crippen LogP contribution is -2.54. The summed E-state index contributed by atoms with van der Waals surface area (Å²) in [5, 5.41) is 9.27. The van der Waals surface area contributed by atoms with Crippen LogP contribution in [0.4, 0.5) is 10.1 Å². The van der Waals surface area contributed by atoms with Crippen molar-refractivity contribution in [3.63, 3.8) is 0 Å². The monoisotopic (exact) mass is 443 g/mol. The topological polar surface area (TPSA) is 54.0 Å². The lowest BCUT2D eigenvalue weighted by Gasteiger charge is -2.39. The summed E-state index contributed by atoms with van der Waals surface area (Å²) in [6.45, 7) is 1.94. The number of rotatable bonds is 3. The molecule has 0 radical (unpaired) electrons. The number of carbonyl (C=O) groups is 1. The number of amides is 1. The minimum atomic E-state index is -1.00. The van der Waals surface area contributed by atoms with Gasteiger partial charge in [-0.3, -0.25) is 4.79 Å². The number of aromatic nitrogens is 1. The molecular weight excluding hydrogens is 429 g/mol. The summed E-state index contributed by atoms with van der Waals surface area (Å²) in [5.74, 6) is -0.800. The van der Waals surface area contributed by atoms with Gasteiger partial charge in [0.2, 0.25) is 0 Å². The van der Waals surface area contributed by atoms with Crippen molar-refractivity contribution in [2.75, 3.05) is 5.32 Å². The van der Waals surface area contributed by atoms with Gasteiger partial charge in [0, 0.05) is 21.1 Å². The maximum absolute atomic E-state index is 13.6. The van der Waals surface area contributed by atoms with E-state index in [0.717, 1.165) is 20.7 Å². The minimum absolute atomic E-state index is 0.274. The molecule has 2 heterocycles. The van der Waals surface area contributed by atoms with Crippen molar-refractivity contribution in [2.45, 2.75) is 12.6 Å². The molecule has 2 aromatic carbocycles. The van der Waals surface area contributed by atoms with Crippen LogP contribution in [-0.2, 0) is 5.66 Å². The summed E-state index contributed by atoms with van der Waals surface area (Å²) in [4.78, 5) is 17.2. The van der Waals surface area contributed by atoms with Crippen LogP contribution in [0.1, 0.15) is 26.6 Å². The zero-order chi connectivity index (χ0) is 19.0. The minimum Gasteiger partial charge on any atom is -0.355 e. The second-order valence-electron chi connectivity index (χ2n) is 6.18. The fourth-order valence-corrected chi connectivity index (χ4v) is 4.24. The van der Waals surface area contributed by atoms with Crippen molar-refractivity contribution in [1.29, 1.82) is 0 Å². The second-order valence-corrected chi connectivity index (χ2v) is 8.10. The van der Waals surface area contributed by atoms with E-state index in [9.17, 15) is 9.18 Å². The first-order valence-electron chi connectivity index (χ1n) is 8.23. The molecule has 4 nitrogen and oxygen atoms in total. The number of hydrogen-bond acceptors (Lipinski definition) is 4. The van der Waals surface area contributed by atoms with Crippen LogP contribution in [0.25, 0.3) is 6.08 Å². The molecule has 1 aliphatic rings. The van der Waals surface area contributed by atoms with Crippen molar-refractivity contribution >= 4 is 44.9 Å². The molecule has 4 rings (SSSR count). The highest BCUT2D eigenvalue weighted by molar-refractivity contribution is 9.10. The third-order valence-electron chi connectivity index (χ3n) is 4.31. The zero-order valence-corrected chi connectivity index (χ0v) is 16.7. The Balaban J connectivity index is 1.85. The quantitative estimate of drug-likeness (QED) is 0.593. The molecule has 0 spiro atoms. The van der Waals surface area contributed by atoms with Gasteiger partial charge in [0.25, 0.3) is 5.91 Å². The van der Waals surface area contributed by atoms with Gasteiger partial charge in [-0.15, -0.1) is 11.3 Å². The number of halogens is 2. The summed E-state index contributed by atoms with van der Waals surface area (Å²) >= 11 is 5.13. The SMILES string of the molecule is Cc1nc(C=CC2(c3ccccc3Br)NC(=O)c3cc(F)ccc3N2)cs1.